The first-order valence-electron chi connectivity index (χ1n) is 11.5. The molecular formula is C26H29N3O2S2. The zero-order valence-corrected chi connectivity index (χ0v) is 20.9. The number of para-hydroxylation sites is 1. The van der Waals surface area contributed by atoms with Gasteiger partial charge in [-0.05, 0) is 44.4 Å². The normalized spacial score (nSPS) is 18.7. The number of rotatable bonds is 3. The molecule has 5 rings (SSSR count). The van der Waals surface area contributed by atoms with Gasteiger partial charge >= 0.3 is 0 Å². The number of thioether (sulfide) groups is 1. The second kappa shape index (κ2) is 9.12. The van der Waals surface area contributed by atoms with E-state index < -0.39 is 0 Å². The average molecular weight is 480 g/mol. The number of aryl methyl sites for hydroxylation is 1. The number of fused-ring (bicyclic) bond motifs is 3. The highest BCUT2D eigenvalue weighted by Crippen LogP contribution is 2.45. The van der Waals surface area contributed by atoms with Gasteiger partial charge in [0.2, 0.25) is 0 Å². The van der Waals surface area contributed by atoms with E-state index in [1.54, 1.807) is 17.4 Å². The molecule has 1 aromatic carbocycles. The van der Waals surface area contributed by atoms with E-state index in [2.05, 4.69) is 59.0 Å². The van der Waals surface area contributed by atoms with Crippen LogP contribution in [0.1, 0.15) is 45.7 Å². The number of hydrogen-bond acceptors (Lipinski definition) is 5. The van der Waals surface area contributed by atoms with Crippen LogP contribution in [0.15, 0.2) is 57.5 Å². The average Bonchev–Trinajstić information content (AvgIpc) is 3.28. The maximum absolute atomic E-state index is 13.8. The number of carbonyl (C=O) groups excluding carboxylic acids is 1. The number of carbonyl (C=O) groups is 1. The number of pyridine rings is 1. The third-order valence-corrected chi connectivity index (χ3v) is 9.10. The molecule has 2 aliphatic rings. The highest BCUT2D eigenvalue weighted by atomic mass is 32.2. The first kappa shape index (κ1) is 22.4. The maximum atomic E-state index is 13.8. The maximum Gasteiger partial charge on any atom is 0.259 e. The van der Waals surface area contributed by atoms with E-state index in [1.807, 2.05) is 29.7 Å². The molecular weight excluding hydrogens is 450 g/mol. The molecule has 3 aromatic rings. The van der Waals surface area contributed by atoms with Crippen molar-refractivity contribution in [2.75, 3.05) is 26.2 Å². The molecule has 1 saturated heterocycles. The largest absolute Gasteiger partial charge is 0.336 e. The van der Waals surface area contributed by atoms with Gasteiger partial charge in [-0.3, -0.25) is 14.5 Å². The Balaban J connectivity index is 1.62. The number of hydrogen-bond donors (Lipinski definition) is 0. The summed E-state index contributed by atoms with van der Waals surface area (Å²) in [5.41, 5.74) is 2.94. The molecule has 0 radical (unpaired) electrons. The van der Waals surface area contributed by atoms with Crippen molar-refractivity contribution in [3.63, 3.8) is 0 Å². The number of nitrogens with zero attached hydrogens (tertiary/aromatic N) is 3. The Labute approximate surface area is 203 Å². The summed E-state index contributed by atoms with van der Waals surface area (Å²) in [4.78, 5) is 33.8. The molecule has 172 valence electrons. The summed E-state index contributed by atoms with van der Waals surface area (Å²) in [5, 5.41) is 2.25. The molecule has 0 aliphatic carbocycles. The molecule has 33 heavy (non-hydrogen) atoms. The van der Waals surface area contributed by atoms with E-state index in [9.17, 15) is 9.59 Å². The summed E-state index contributed by atoms with van der Waals surface area (Å²) < 4.78 is 2.15. The lowest BCUT2D eigenvalue weighted by Crippen LogP contribution is -2.51. The van der Waals surface area contributed by atoms with Gasteiger partial charge in [0.25, 0.3) is 5.91 Å². The summed E-state index contributed by atoms with van der Waals surface area (Å²) in [6.07, 6.45) is 0.643. The predicted molar refractivity (Wildman–Crippen MR) is 136 cm³/mol. The van der Waals surface area contributed by atoms with Crippen molar-refractivity contribution < 1.29 is 4.79 Å². The van der Waals surface area contributed by atoms with Crippen LogP contribution in [0.25, 0.3) is 5.69 Å². The SMILES string of the molecule is Cc1cc(=O)c(C(=O)N2CCN(C(C)C)CC2)c2n1-c1ccccc1S[C@@H](c1cccs1)C2. The topological polar surface area (TPSA) is 45.6 Å². The van der Waals surface area contributed by atoms with Crippen LogP contribution >= 0.6 is 23.1 Å². The van der Waals surface area contributed by atoms with Gasteiger partial charge in [-0.15, -0.1) is 23.1 Å². The van der Waals surface area contributed by atoms with Crippen molar-refractivity contribution in [3.05, 3.63) is 79.9 Å². The molecule has 1 amide bonds. The van der Waals surface area contributed by atoms with Crippen LogP contribution in [0.4, 0.5) is 0 Å². The summed E-state index contributed by atoms with van der Waals surface area (Å²) in [6, 6.07) is 14.6. The van der Waals surface area contributed by atoms with Crippen molar-refractivity contribution in [1.82, 2.24) is 14.4 Å². The third-order valence-electron chi connectivity index (χ3n) is 6.66. The molecule has 1 atom stereocenters. The number of aromatic nitrogens is 1. The fourth-order valence-corrected chi connectivity index (χ4v) is 7.09. The van der Waals surface area contributed by atoms with Crippen LogP contribution in [0, 0.1) is 6.92 Å². The monoisotopic (exact) mass is 479 g/mol. The van der Waals surface area contributed by atoms with Gasteiger partial charge in [0.05, 0.1) is 5.69 Å². The number of thiophene rings is 1. The van der Waals surface area contributed by atoms with E-state index in [-0.39, 0.29) is 16.6 Å². The van der Waals surface area contributed by atoms with Gasteiger partial charge in [0, 0.05) is 71.1 Å². The molecule has 0 spiro atoms. The third kappa shape index (κ3) is 4.18. The van der Waals surface area contributed by atoms with Crippen LogP contribution in [0.5, 0.6) is 0 Å². The smallest absolute Gasteiger partial charge is 0.259 e. The van der Waals surface area contributed by atoms with Crippen LogP contribution < -0.4 is 5.43 Å². The van der Waals surface area contributed by atoms with E-state index in [4.69, 9.17) is 0 Å². The minimum Gasteiger partial charge on any atom is -0.336 e. The lowest BCUT2D eigenvalue weighted by molar-refractivity contribution is 0.0592. The molecule has 0 unspecified atom stereocenters. The Hall–Kier alpha value is -2.35. The van der Waals surface area contributed by atoms with Gasteiger partial charge in [-0.25, -0.2) is 0 Å². The van der Waals surface area contributed by atoms with Crippen LogP contribution in [-0.2, 0) is 6.42 Å². The van der Waals surface area contributed by atoms with Crippen LogP contribution in [0.2, 0.25) is 0 Å². The fourth-order valence-electron chi connectivity index (χ4n) is 4.90. The van der Waals surface area contributed by atoms with E-state index >= 15 is 0 Å². The Bertz CT molecular complexity index is 1220. The Kier molecular flexibility index (Phi) is 6.20. The molecule has 1 fully saturated rings. The molecule has 4 heterocycles. The molecule has 2 aliphatic heterocycles. The highest BCUT2D eigenvalue weighted by molar-refractivity contribution is 7.99. The first-order chi connectivity index (χ1) is 15.9. The van der Waals surface area contributed by atoms with Gasteiger partial charge in [-0.2, -0.15) is 0 Å². The zero-order valence-electron chi connectivity index (χ0n) is 19.3. The molecule has 5 nitrogen and oxygen atoms in total. The Morgan fingerprint density at radius 3 is 2.52 bits per heavy atom. The lowest BCUT2D eigenvalue weighted by Gasteiger charge is -2.37. The van der Waals surface area contributed by atoms with Gasteiger partial charge in [-0.1, -0.05) is 18.2 Å². The minimum absolute atomic E-state index is 0.124. The minimum atomic E-state index is -0.163. The standard InChI is InChI=1S/C26H29N3O2S2/c1-17(2)27-10-12-28(13-11-27)26(31)25-20-16-24(23-9-6-14-32-23)33-22-8-5-4-7-19(22)29(20)18(3)15-21(25)30/h4-9,14-15,17,24H,10-13,16H2,1-3H3/t24-/m1/s1. The molecule has 0 N–H and O–H groups in total. The predicted octanol–water partition coefficient (Wildman–Crippen LogP) is 4.76. The van der Waals surface area contributed by atoms with Gasteiger partial charge < -0.3 is 9.47 Å². The summed E-state index contributed by atoms with van der Waals surface area (Å²) in [6.45, 7) is 9.33. The quantitative estimate of drug-likeness (QED) is 0.543. The Morgan fingerprint density at radius 1 is 1.06 bits per heavy atom. The van der Waals surface area contributed by atoms with E-state index in [0.29, 0.717) is 31.1 Å². The summed E-state index contributed by atoms with van der Waals surface area (Å²) in [5.74, 6) is -0.124. The van der Waals surface area contributed by atoms with Crippen molar-refractivity contribution in [2.45, 2.75) is 43.4 Å². The second-order valence-corrected chi connectivity index (χ2v) is 11.2. The van der Waals surface area contributed by atoms with Crippen molar-refractivity contribution >= 4 is 29.0 Å². The van der Waals surface area contributed by atoms with Gasteiger partial charge in [0.15, 0.2) is 5.43 Å². The first-order valence-corrected chi connectivity index (χ1v) is 13.3. The molecule has 0 bridgehead atoms. The summed E-state index contributed by atoms with van der Waals surface area (Å²) >= 11 is 3.55. The van der Waals surface area contributed by atoms with E-state index in [0.717, 1.165) is 30.2 Å². The van der Waals surface area contributed by atoms with Gasteiger partial charge in [0.1, 0.15) is 5.56 Å². The summed E-state index contributed by atoms with van der Waals surface area (Å²) in [7, 11) is 0. The van der Waals surface area contributed by atoms with Crippen LogP contribution in [0.3, 0.4) is 0 Å². The van der Waals surface area contributed by atoms with Crippen molar-refractivity contribution in [3.8, 4) is 5.69 Å². The number of amides is 1. The Morgan fingerprint density at radius 2 is 1.82 bits per heavy atom. The van der Waals surface area contributed by atoms with Crippen molar-refractivity contribution in [2.24, 2.45) is 0 Å². The van der Waals surface area contributed by atoms with Crippen molar-refractivity contribution in [1.29, 1.82) is 0 Å². The molecule has 7 heteroatoms. The molecule has 0 saturated carbocycles. The number of benzene rings is 1. The number of piperazine rings is 1. The highest BCUT2D eigenvalue weighted by Gasteiger charge is 2.32. The zero-order chi connectivity index (χ0) is 23.1. The lowest BCUT2D eigenvalue weighted by atomic mass is 10.0. The molecule has 2 aromatic heterocycles. The van der Waals surface area contributed by atoms with Crippen LogP contribution in [-0.4, -0.2) is 52.5 Å². The van der Waals surface area contributed by atoms with E-state index in [1.165, 1.54) is 9.77 Å². The fraction of sp³-hybridized carbons (Fsp3) is 0.385. The second-order valence-electron chi connectivity index (χ2n) is 9.02.